The van der Waals surface area contributed by atoms with Crippen LogP contribution in [0.4, 0.5) is 11.4 Å². The standard InChI is InChI=1S/C24H21ClN4O5/c1-15-6-7-16(2)21(10-15)27-23(30)14-34-22-9-8-19(25)11-18(22)13-26-28-24(31)17-4-3-5-20(12-17)29(32)33/h3-13H,14H2,1-2H3,(H,27,30)(H,28,31)/b26-13+. The zero-order valence-electron chi connectivity index (χ0n) is 18.4. The molecular formula is C24H21ClN4O5. The Balaban J connectivity index is 1.65. The number of aryl methyl sites for hydroxylation is 2. The number of hydrogen-bond acceptors (Lipinski definition) is 6. The zero-order valence-corrected chi connectivity index (χ0v) is 19.1. The van der Waals surface area contributed by atoms with Crippen molar-refractivity contribution in [2.45, 2.75) is 13.8 Å². The third-order valence-electron chi connectivity index (χ3n) is 4.69. The van der Waals surface area contributed by atoms with E-state index in [1.807, 2.05) is 32.0 Å². The summed E-state index contributed by atoms with van der Waals surface area (Å²) in [6.45, 7) is 3.57. The Morgan fingerprint density at radius 2 is 1.91 bits per heavy atom. The number of anilines is 1. The summed E-state index contributed by atoms with van der Waals surface area (Å²) in [6, 6.07) is 15.7. The first-order valence-electron chi connectivity index (χ1n) is 10.1. The normalized spacial score (nSPS) is 10.7. The first-order chi connectivity index (χ1) is 16.2. The number of amides is 2. The fraction of sp³-hybridized carbons (Fsp3) is 0.125. The van der Waals surface area contributed by atoms with Crippen LogP contribution in [0.2, 0.25) is 5.02 Å². The zero-order chi connectivity index (χ0) is 24.7. The lowest BCUT2D eigenvalue weighted by Crippen LogP contribution is -2.21. The highest BCUT2D eigenvalue weighted by molar-refractivity contribution is 6.30. The van der Waals surface area contributed by atoms with Crippen molar-refractivity contribution in [1.82, 2.24) is 5.43 Å². The van der Waals surface area contributed by atoms with E-state index in [0.717, 1.165) is 17.2 Å². The molecule has 34 heavy (non-hydrogen) atoms. The van der Waals surface area contributed by atoms with Gasteiger partial charge in [0, 0.05) is 34.0 Å². The summed E-state index contributed by atoms with van der Waals surface area (Å²) in [5, 5.41) is 18.0. The molecule has 0 fully saturated rings. The molecule has 0 saturated carbocycles. The van der Waals surface area contributed by atoms with E-state index in [-0.39, 0.29) is 23.8 Å². The minimum absolute atomic E-state index is 0.0806. The Kier molecular flexibility index (Phi) is 7.94. The molecule has 3 rings (SSSR count). The Bertz CT molecular complexity index is 1280. The fourth-order valence-electron chi connectivity index (χ4n) is 2.94. The van der Waals surface area contributed by atoms with Crippen LogP contribution < -0.4 is 15.5 Å². The minimum atomic E-state index is -0.627. The monoisotopic (exact) mass is 480 g/mol. The van der Waals surface area contributed by atoms with Gasteiger partial charge in [0.25, 0.3) is 17.5 Å². The molecule has 2 N–H and O–H groups in total. The number of nitrogens with one attached hydrogen (secondary N) is 2. The van der Waals surface area contributed by atoms with Crippen LogP contribution in [0.3, 0.4) is 0 Å². The van der Waals surface area contributed by atoms with Gasteiger partial charge >= 0.3 is 0 Å². The highest BCUT2D eigenvalue weighted by Gasteiger charge is 2.12. The maximum atomic E-state index is 12.4. The number of hydrogen-bond donors (Lipinski definition) is 2. The molecule has 0 aliphatic rings. The van der Waals surface area contributed by atoms with Crippen molar-refractivity contribution in [2.75, 3.05) is 11.9 Å². The maximum absolute atomic E-state index is 12.4. The summed E-state index contributed by atoms with van der Waals surface area (Å²) >= 11 is 6.06. The smallest absolute Gasteiger partial charge is 0.271 e. The summed E-state index contributed by atoms with van der Waals surface area (Å²) in [6.07, 6.45) is 1.30. The molecule has 0 radical (unpaired) electrons. The predicted molar refractivity (Wildman–Crippen MR) is 130 cm³/mol. The van der Waals surface area contributed by atoms with Crippen molar-refractivity contribution < 1.29 is 19.2 Å². The number of non-ortho nitro benzene ring substituents is 1. The Morgan fingerprint density at radius 1 is 1.12 bits per heavy atom. The van der Waals surface area contributed by atoms with Gasteiger partial charge in [-0.25, -0.2) is 5.43 Å². The van der Waals surface area contributed by atoms with Gasteiger partial charge in [0.2, 0.25) is 0 Å². The summed E-state index contributed by atoms with van der Waals surface area (Å²) in [7, 11) is 0. The molecule has 10 heteroatoms. The average molecular weight is 481 g/mol. The van der Waals surface area contributed by atoms with Gasteiger partial charge in [-0.2, -0.15) is 5.10 Å². The lowest BCUT2D eigenvalue weighted by molar-refractivity contribution is -0.384. The quantitative estimate of drug-likeness (QED) is 0.276. The number of nitro benzene ring substituents is 1. The average Bonchev–Trinajstić information content (AvgIpc) is 2.81. The topological polar surface area (TPSA) is 123 Å². The number of carbonyl (C=O) groups excluding carboxylic acids is 2. The second-order valence-corrected chi connectivity index (χ2v) is 7.78. The lowest BCUT2D eigenvalue weighted by Gasteiger charge is -2.12. The Labute approximate surface area is 200 Å². The van der Waals surface area contributed by atoms with Gasteiger partial charge in [0.05, 0.1) is 11.1 Å². The van der Waals surface area contributed by atoms with Gasteiger partial charge in [-0.3, -0.25) is 19.7 Å². The summed E-state index contributed by atoms with van der Waals surface area (Å²) < 4.78 is 5.63. The van der Waals surface area contributed by atoms with Gasteiger partial charge in [-0.05, 0) is 55.3 Å². The van der Waals surface area contributed by atoms with Crippen molar-refractivity contribution >= 4 is 41.0 Å². The van der Waals surface area contributed by atoms with Crippen LogP contribution in [0.5, 0.6) is 5.75 Å². The molecule has 9 nitrogen and oxygen atoms in total. The second kappa shape index (κ2) is 11.1. The van der Waals surface area contributed by atoms with Gasteiger partial charge < -0.3 is 10.1 Å². The van der Waals surface area contributed by atoms with E-state index in [9.17, 15) is 19.7 Å². The summed E-state index contributed by atoms with van der Waals surface area (Å²) in [4.78, 5) is 34.9. The Hall–Kier alpha value is -4.24. The van der Waals surface area contributed by atoms with Crippen molar-refractivity contribution in [1.29, 1.82) is 0 Å². The molecule has 0 saturated heterocycles. The summed E-state index contributed by atoms with van der Waals surface area (Å²) in [5.41, 5.74) is 5.25. The molecule has 3 aromatic rings. The van der Waals surface area contributed by atoms with Crippen molar-refractivity contribution in [3.8, 4) is 5.75 Å². The van der Waals surface area contributed by atoms with E-state index in [4.69, 9.17) is 16.3 Å². The van der Waals surface area contributed by atoms with E-state index in [1.165, 1.54) is 24.4 Å². The van der Waals surface area contributed by atoms with Crippen LogP contribution >= 0.6 is 11.6 Å². The van der Waals surface area contributed by atoms with Crippen LogP contribution in [-0.4, -0.2) is 29.6 Å². The van der Waals surface area contributed by atoms with Gasteiger partial charge in [0.15, 0.2) is 6.61 Å². The van der Waals surface area contributed by atoms with Crippen molar-refractivity contribution in [3.05, 3.63) is 98.1 Å². The molecule has 2 amide bonds. The van der Waals surface area contributed by atoms with Gasteiger partial charge in [-0.1, -0.05) is 29.8 Å². The van der Waals surface area contributed by atoms with Crippen LogP contribution in [0.25, 0.3) is 0 Å². The van der Waals surface area contributed by atoms with Crippen LogP contribution in [0, 0.1) is 24.0 Å². The molecule has 0 aromatic heterocycles. The molecule has 0 atom stereocenters. The number of halogens is 1. The Morgan fingerprint density at radius 3 is 2.68 bits per heavy atom. The van der Waals surface area contributed by atoms with Crippen LogP contribution in [0.1, 0.15) is 27.0 Å². The lowest BCUT2D eigenvalue weighted by atomic mass is 10.1. The third kappa shape index (κ3) is 6.63. The molecule has 0 aliphatic heterocycles. The van der Waals surface area contributed by atoms with E-state index >= 15 is 0 Å². The third-order valence-corrected chi connectivity index (χ3v) is 4.92. The minimum Gasteiger partial charge on any atom is -0.483 e. The highest BCUT2D eigenvalue weighted by Crippen LogP contribution is 2.22. The SMILES string of the molecule is Cc1ccc(C)c(NC(=O)COc2ccc(Cl)cc2/C=N/NC(=O)c2cccc([N+](=O)[O-])c2)c1. The number of hydrazone groups is 1. The number of nitro groups is 1. The van der Waals surface area contributed by atoms with E-state index < -0.39 is 10.8 Å². The van der Waals surface area contributed by atoms with Crippen molar-refractivity contribution in [3.63, 3.8) is 0 Å². The molecule has 0 aliphatic carbocycles. The number of ether oxygens (including phenoxy) is 1. The molecular weight excluding hydrogens is 460 g/mol. The number of rotatable bonds is 8. The largest absolute Gasteiger partial charge is 0.483 e. The number of carbonyl (C=O) groups is 2. The van der Waals surface area contributed by atoms with Crippen LogP contribution in [-0.2, 0) is 4.79 Å². The molecule has 0 unspecified atom stereocenters. The van der Waals surface area contributed by atoms with Gasteiger partial charge in [0.1, 0.15) is 5.75 Å². The summed E-state index contributed by atoms with van der Waals surface area (Å²) in [5.74, 6) is -0.642. The first kappa shape index (κ1) is 24.4. The second-order valence-electron chi connectivity index (χ2n) is 7.34. The predicted octanol–water partition coefficient (Wildman–Crippen LogP) is 4.65. The van der Waals surface area contributed by atoms with Gasteiger partial charge in [-0.15, -0.1) is 0 Å². The van der Waals surface area contributed by atoms with E-state index in [1.54, 1.807) is 18.2 Å². The van der Waals surface area contributed by atoms with Crippen LogP contribution in [0.15, 0.2) is 65.8 Å². The number of benzene rings is 3. The van der Waals surface area contributed by atoms with E-state index in [0.29, 0.717) is 22.0 Å². The molecule has 3 aromatic carbocycles. The molecule has 174 valence electrons. The number of nitrogens with zero attached hydrogens (tertiary/aromatic N) is 2. The molecule has 0 bridgehead atoms. The first-order valence-corrected chi connectivity index (χ1v) is 10.5. The highest BCUT2D eigenvalue weighted by atomic mass is 35.5. The van der Waals surface area contributed by atoms with E-state index in [2.05, 4.69) is 15.8 Å². The maximum Gasteiger partial charge on any atom is 0.271 e. The molecule has 0 heterocycles. The van der Waals surface area contributed by atoms with Crippen molar-refractivity contribution in [2.24, 2.45) is 5.10 Å². The molecule has 0 spiro atoms. The fourth-order valence-corrected chi connectivity index (χ4v) is 3.12.